The number of carboxylic acid groups (broad SMARTS) is 2. The van der Waals surface area contributed by atoms with Gasteiger partial charge in [0.05, 0.1) is 38.1 Å². The van der Waals surface area contributed by atoms with Crippen molar-refractivity contribution in [1.29, 1.82) is 0 Å². The van der Waals surface area contributed by atoms with E-state index in [9.17, 15) is 9.59 Å². The molecule has 45 heavy (non-hydrogen) atoms. The molecule has 0 rings (SSSR count). The number of carboxylic acids is 2. The van der Waals surface area contributed by atoms with E-state index in [1.54, 1.807) is 13.8 Å². The number of aliphatic hydroxyl groups is 2. The zero-order chi connectivity index (χ0) is 34.4. The molecular weight excluding hydrogens is 572 g/mol. The Morgan fingerprint density at radius 3 is 1.04 bits per heavy atom. The summed E-state index contributed by atoms with van der Waals surface area (Å²) in [5.74, 6) is -1.31. The summed E-state index contributed by atoms with van der Waals surface area (Å²) < 4.78 is 10.5. The number of aliphatic carboxylic acids is 2. The van der Waals surface area contributed by atoms with Crippen LogP contribution in [0.25, 0.3) is 0 Å². The van der Waals surface area contributed by atoms with Gasteiger partial charge in [-0.05, 0) is 33.6 Å². The van der Waals surface area contributed by atoms with Gasteiger partial charge in [0.2, 0.25) is 0 Å². The largest absolute Gasteiger partial charge is 0.481 e. The highest BCUT2D eigenvalue weighted by molar-refractivity contribution is 5.66. The number of hydrogen-bond acceptors (Lipinski definition) is 6. The lowest BCUT2D eigenvalue weighted by atomic mass is 10.1. The average molecular weight is 649 g/mol. The Balaban J connectivity index is -0.000000592. The summed E-state index contributed by atoms with van der Waals surface area (Å²) in [5, 5.41) is 34.5. The van der Waals surface area contributed by atoms with Crippen molar-refractivity contribution in [1.82, 2.24) is 0 Å². The number of hydrogen-bond donors (Lipinski definition) is 4. The number of aliphatic hydroxyl groups excluding tert-OH is 2. The molecule has 8 nitrogen and oxygen atoms in total. The zero-order valence-electron chi connectivity index (χ0n) is 30.2. The van der Waals surface area contributed by atoms with Crippen LogP contribution < -0.4 is 0 Å². The van der Waals surface area contributed by atoms with Gasteiger partial charge in [-0.1, -0.05) is 142 Å². The van der Waals surface area contributed by atoms with Crippen molar-refractivity contribution in [2.45, 2.75) is 207 Å². The SMILES string of the molecule is CC(O)COC(C)COC(C)CO.CCCCCCCCCCCCCC(=O)O.CCCCCCCCCCCCCC(=O)O. The van der Waals surface area contributed by atoms with Crippen LogP contribution in [0.15, 0.2) is 0 Å². The van der Waals surface area contributed by atoms with E-state index >= 15 is 0 Å². The van der Waals surface area contributed by atoms with E-state index in [2.05, 4.69) is 13.8 Å². The Labute approximate surface area is 278 Å². The third kappa shape index (κ3) is 52.6. The molecule has 0 radical (unpaired) electrons. The van der Waals surface area contributed by atoms with Gasteiger partial charge in [0.25, 0.3) is 0 Å². The molecule has 0 spiro atoms. The van der Waals surface area contributed by atoms with Crippen LogP contribution in [0, 0.1) is 0 Å². The van der Waals surface area contributed by atoms with Crippen molar-refractivity contribution in [3.63, 3.8) is 0 Å². The maximum atomic E-state index is 10.3. The average Bonchev–Trinajstić information content (AvgIpc) is 3.00. The predicted molar refractivity (Wildman–Crippen MR) is 187 cm³/mol. The standard InChI is InChI=1S/2C14H28O2.C9H20O4/c2*1-2-3-4-5-6-7-8-9-10-11-12-13-14(15)16;1-7(11)5-12-9(3)6-13-8(2)4-10/h2*2-13H2,1H3,(H,15,16);7-11H,4-6H2,1-3H3. The lowest BCUT2D eigenvalue weighted by Crippen LogP contribution is -2.24. The molecule has 4 N–H and O–H groups in total. The highest BCUT2D eigenvalue weighted by Gasteiger charge is 2.07. The van der Waals surface area contributed by atoms with Gasteiger partial charge < -0.3 is 29.9 Å². The topological polar surface area (TPSA) is 134 Å². The van der Waals surface area contributed by atoms with Gasteiger partial charge in [-0.25, -0.2) is 0 Å². The summed E-state index contributed by atoms with van der Waals surface area (Å²) >= 11 is 0. The summed E-state index contributed by atoms with van der Waals surface area (Å²) in [5.41, 5.74) is 0. The monoisotopic (exact) mass is 649 g/mol. The van der Waals surface area contributed by atoms with Gasteiger partial charge in [-0.15, -0.1) is 0 Å². The van der Waals surface area contributed by atoms with E-state index in [0.717, 1.165) is 25.7 Å². The zero-order valence-corrected chi connectivity index (χ0v) is 30.2. The smallest absolute Gasteiger partial charge is 0.303 e. The molecule has 0 fully saturated rings. The van der Waals surface area contributed by atoms with E-state index in [4.69, 9.17) is 29.9 Å². The molecule has 0 aliphatic rings. The van der Waals surface area contributed by atoms with Crippen LogP contribution in [0.3, 0.4) is 0 Å². The number of carbonyl (C=O) groups is 2. The molecule has 0 heterocycles. The molecule has 0 aromatic carbocycles. The molecule has 0 saturated heterocycles. The van der Waals surface area contributed by atoms with Crippen LogP contribution in [0.1, 0.15) is 189 Å². The second-order valence-corrected chi connectivity index (χ2v) is 12.7. The van der Waals surface area contributed by atoms with Gasteiger partial charge in [0, 0.05) is 12.8 Å². The van der Waals surface area contributed by atoms with Crippen molar-refractivity contribution < 1.29 is 39.5 Å². The van der Waals surface area contributed by atoms with Crippen LogP contribution in [0.2, 0.25) is 0 Å². The second-order valence-electron chi connectivity index (χ2n) is 12.7. The third-order valence-electron chi connectivity index (χ3n) is 7.48. The van der Waals surface area contributed by atoms with Gasteiger partial charge in [-0.2, -0.15) is 0 Å². The van der Waals surface area contributed by atoms with Gasteiger partial charge >= 0.3 is 11.9 Å². The molecule has 3 atom stereocenters. The van der Waals surface area contributed by atoms with Crippen LogP contribution in [0.5, 0.6) is 0 Å². The van der Waals surface area contributed by atoms with Crippen molar-refractivity contribution in [3.8, 4) is 0 Å². The molecule has 0 saturated carbocycles. The summed E-state index contributed by atoms with van der Waals surface area (Å²) in [4.78, 5) is 20.5. The molecule has 3 unspecified atom stereocenters. The highest BCUT2D eigenvalue weighted by atomic mass is 16.5. The van der Waals surface area contributed by atoms with E-state index < -0.39 is 18.0 Å². The first-order chi connectivity index (χ1) is 21.6. The fourth-order valence-corrected chi connectivity index (χ4v) is 4.58. The summed E-state index contributed by atoms with van der Waals surface area (Å²) in [6, 6.07) is 0. The van der Waals surface area contributed by atoms with Crippen molar-refractivity contribution >= 4 is 11.9 Å². The number of ether oxygens (including phenoxy) is 2. The molecule has 0 aromatic rings. The molecule has 0 aromatic heterocycles. The highest BCUT2D eigenvalue weighted by Crippen LogP contribution is 2.13. The fourth-order valence-electron chi connectivity index (χ4n) is 4.58. The van der Waals surface area contributed by atoms with E-state index in [1.807, 2.05) is 6.92 Å². The lowest BCUT2D eigenvalue weighted by molar-refractivity contribution is -0.138. The molecular formula is C37H76O8. The van der Waals surface area contributed by atoms with E-state index in [0.29, 0.717) is 26.1 Å². The predicted octanol–water partition coefficient (Wildman–Crippen LogP) is 9.71. The minimum absolute atomic E-state index is 0.0170. The molecule has 0 aliphatic carbocycles. The Bertz CT molecular complexity index is 549. The first kappa shape index (κ1) is 48.2. The molecule has 0 aliphatic heterocycles. The Morgan fingerprint density at radius 1 is 0.489 bits per heavy atom. The lowest BCUT2D eigenvalue weighted by Gasteiger charge is -2.16. The van der Waals surface area contributed by atoms with E-state index in [1.165, 1.54) is 116 Å². The van der Waals surface area contributed by atoms with Crippen molar-refractivity contribution in [2.75, 3.05) is 19.8 Å². The first-order valence-corrected chi connectivity index (χ1v) is 18.6. The quantitative estimate of drug-likeness (QED) is 0.0546. The van der Waals surface area contributed by atoms with Crippen LogP contribution in [-0.4, -0.2) is 70.5 Å². The summed E-state index contributed by atoms with van der Waals surface area (Å²) in [7, 11) is 0. The summed E-state index contributed by atoms with van der Waals surface area (Å²) in [6.45, 7) is 10.6. The molecule has 0 amide bonds. The Kier molecular flexibility index (Phi) is 43.7. The van der Waals surface area contributed by atoms with E-state index in [-0.39, 0.29) is 18.8 Å². The number of rotatable bonds is 31. The maximum absolute atomic E-state index is 10.3. The van der Waals surface area contributed by atoms with Gasteiger partial charge in [0.1, 0.15) is 0 Å². The van der Waals surface area contributed by atoms with Gasteiger partial charge in [-0.3, -0.25) is 9.59 Å². The Hall–Kier alpha value is -1.22. The second kappa shape index (κ2) is 40.8. The van der Waals surface area contributed by atoms with Gasteiger partial charge in [0.15, 0.2) is 0 Å². The number of unbranched alkanes of at least 4 members (excludes halogenated alkanes) is 20. The fraction of sp³-hybridized carbons (Fsp3) is 0.946. The third-order valence-corrected chi connectivity index (χ3v) is 7.48. The first-order valence-electron chi connectivity index (χ1n) is 18.6. The van der Waals surface area contributed by atoms with Crippen molar-refractivity contribution in [3.05, 3.63) is 0 Å². The minimum Gasteiger partial charge on any atom is -0.481 e. The Morgan fingerprint density at radius 2 is 0.778 bits per heavy atom. The van der Waals surface area contributed by atoms with Crippen LogP contribution >= 0.6 is 0 Å². The van der Waals surface area contributed by atoms with Crippen molar-refractivity contribution in [2.24, 2.45) is 0 Å². The summed E-state index contributed by atoms with van der Waals surface area (Å²) in [6.07, 6.45) is 28.1. The molecule has 0 bridgehead atoms. The molecule has 272 valence electrons. The van der Waals surface area contributed by atoms with Crippen LogP contribution in [0.4, 0.5) is 0 Å². The molecule has 8 heteroatoms. The maximum Gasteiger partial charge on any atom is 0.303 e. The normalized spacial score (nSPS) is 12.8. The van der Waals surface area contributed by atoms with Crippen LogP contribution in [-0.2, 0) is 19.1 Å². The minimum atomic E-state index is -0.657.